The second kappa shape index (κ2) is 8.79. The van der Waals surface area contributed by atoms with Crippen LogP contribution in [0.25, 0.3) is 43.6 Å². The number of benzene rings is 3. The first kappa shape index (κ1) is 22.3. The molecule has 0 spiro atoms. The van der Waals surface area contributed by atoms with Gasteiger partial charge in [-0.25, -0.2) is 4.98 Å². The van der Waals surface area contributed by atoms with Crippen molar-refractivity contribution in [2.24, 2.45) is 0 Å². The van der Waals surface area contributed by atoms with Crippen LogP contribution in [-0.4, -0.2) is 51.7 Å². The highest BCUT2D eigenvalue weighted by Gasteiger charge is 2.22. The SMILES string of the molecule is CN(C)CCCOc1c2[nH]c3ccc(Cl)cc3c2cc2c3cc(Cl)ccc3n(Cc3ncc[nH]3)c12. The summed E-state index contributed by atoms with van der Waals surface area (Å²) in [4.78, 5) is 13.5. The van der Waals surface area contributed by atoms with Crippen molar-refractivity contribution in [3.8, 4) is 5.75 Å². The Bertz CT molecular complexity index is 1680. The summed E-state index contributed by atoms with van der Waals surface area (Å²) in [7, 11) is 4.15. The van der Waals surface area contributed by atoms with Gasteiger partial charge in [0.2, 0.25) is 0 Å². The van der Waals surface area contributed by atoms with Crippen molar-refractivity contribution in [1.29, 1.82) is 0 Å². The molecular formula is C27H25Cl2N5O. The fourth-order valence-electron chi connectivity index (χ4n) is 4.91. The van der Waals surface area contributed by atoms with E-state index in [1.165, 1.54) is 0 Å². The Morgan fingerprint density at radius 3 is 2.54 bits per heavy atom. The summed E-state index contributed by atoms with van der Waals surface area (Å²) in [6.45, 7) is 2.14. The predicted molar refractivity (Wildman–Crippen MR) is 145 cm³/mol. The maximum absolute atomic E-state index is 6.59. The quantitative estimate of drug-likeness (QED) is 0.233. The molecule has 6 rings (SSSR count). The molecule has 35 heavy (non-hydrogen) atoms. The number of imidazole rings is 1. The second-order valence-corrected chi connectivity index (χ2v) is 10.0. The van der Waals surface area contributed by atoms with Gasteiger partial charge in [-0.1, -0.05) is 23.2 Å². The van der Waals surface area contributed by atoms with E-state index in [1.807, 2.05) is 36.5 Å². The Morgan fingerprint density at radius 1 is 0.971 bits per heavy atom. The van der Waals surface area contributed by atoms with Gasteiger partial charge in [0.25, 0.3) is 0 Å². The summed E-state index contributed by atoms with van der Waals surface area (Å²) in [6, 6.07) is 14.2. The predicted octanol–water partition coefficient (Wildman–Crippen LogP) is 6.84. The van der Waals surface area contributed by atoms with Crippen LogP contribution in [-0.2, 0) is 6.54 Å². The van der Waals surface area contributed by atoms with Crippen molar-refractivity contribution >= 4 is 66.8 Å². The summed E-state index contributed by atoms with van der Waals surface area (Å²) >= 11 is 12.9. The van der Waals surface area contributed by atoms with Crippen molar-refractivity contribution in [2.75, 3.05) is 27.2 Å². The first-order chi connectivity index (χ1) is 17.0. The van der Waals surface area contributed by atoms with Crippen molar-refractivity contribution in [2.45, 2.75) is 13.0 Å². The highest BCUT2D eigenvalue weighted by atomic mass is 35.5. The Balaban J connectivity index is 1.67. The molecule has 0 saturated carbocycles. The fourth-order valence-corrected chi connectivity index (χ4v) is 5.26. The minimum atomic E-state index is 0.584. The Labute approximate surface area is 212 Å². The standard InChI is InChI=1S/C27H25Cl2N5O/c1-33(2)10-3-11-35-27-25-20(18-12-16(28)4-6-22(18)32-25)14-21-19-13-17(29)5-7-23(19)34(26(21)27)15-24-30-8-9-31-24/h4-9,12-14,32H,3,10-11,15H2,1-2H3,(H,30,31). The second-order valence-electron chi connectivity index (χ2n) is 9.13. The summed E-state index contributed by atoms with van der Waals surface area (Å²) < 4.78 is 8.85. The van der Waals surface area contributed by atoms with Crippen LogP contribution in [0.5, 0.6) is 5.75 Å². The zero-order valence-electron chi connectivity index (χ0n) is 19.5. The highest BCUT2D eigenvalue weighted by Crippen LogP contribution is 2.43. The summed E-state index contributed by atoms with van der Waals surface area (Å²) in [5.74, 6) is 1.71. The summed E-state index contributed by atoms with van der Waals surface area (Å²) in [6.07, 6.45) is 4.54. The third-order valence-electron chi connectivity index (χ3n) is 6.46. The van der Waals surface area contributed by atoms with Crippen molar-refractivity contribution in [1.82, 2.24) is 24.4 Å². The number of nitrogens with one attached hydrogen (secondary N) is 2. The lowest BCUT2D eigenvalue weighted by Crippen LogP contribution is -2.15. The Hall–Kier alpha value is -3.19. The van der Waals surface area contributed by atoms with E-state index >= 15 is 0 Å². The average molecular weight is 506 g/mol. The van der Waals surface area contributed by atoms with E-state index in [0.29, 0.717) is 23.2 Å². The normalized spacial score (nSPS) is 12.1. The van der Waals surface area contributed by atoms with Gasteiger partial charge in [-0.15, -0.1) is 0 Å². The number of halogens is 2. The largest absolute Gasteiger partial charge is 0.489 e. The number of aromatic nitrogens is 4. The molecule has 0 radical (unpaired) electrons. The molecule has 0 unspecified atom stereocenters. The van der Waals surface area contributed by atoms with Gasteiger partial charge >= 0.3 is 0 Å². The number of nitrogens with zero attached hydrogens (tertiary/aromatic N) is 3. The van der Waals surface area contributed by atoms with Crippen LogP contribution < -0.4 is 4.74 Å². The molecule has 178 valence electrons. The van der Waals surface area contributed by atoms with Gasteiger partial charge in [0.15, 0.2) is 5.75 Å². The number of fused-ring (bicyclic) bond motifs is 6. The fraction of sp³-hybridized carbons (Fsp3) is 0.222. The minimum Gasteiger partial charge on any atom is -0.489 e. The van der Waals surface area contributed by atoms with Crippen molar-refractivity contribution in [3.05, 3.63) is 70.7 Å². The zero-order chi connectivity index (χ0) is 24.1. The molecule has 0 bridgehead atoms. The van der Waals surface area contributed by atoms with Crippen molar-refractivity contribution < 1.29 is 4.74 Å². The summed E-state index contributed by atoms with van der Waals surface area (Å²) in [5, 5.41) is 5.72. The first-order valence-electron chi connectivity index (χ1n) is 11.6. The molecule has 0 atom stereocenters. The molecule has 0 aliphatic carbocycles. The topological polar surface area (TPSA) is 61.9 Å². The van der Waals surface area contributed by atoms with E-state index in [1.54, 1.807) is 6.20 Å². The number of hydrogen-bond acceptors (Lipinski definition) is 3. The van der Waals surface area contributed by atoms with E-state index < -0.39 is 0 Å². The molecule has 0 amide bonds. The van der Waals surface area contributed by atoms with E-state index in [-0.39, 0.29) is 0 Å². The maximum Gasteiger partial charge on any atom is 0.167 e. The lowest BCUT2D eigenvalue weighted by Gasteiger charge is -2.14. The van der Waals surface area contributed by atoms with Gasteiger partial charge in [0, 0.05) is 61.6 Å². The number of ether oxygens (including phenoxy) is 1. The Morgan fingerprint density at radius 2 is 1.77 bits per heavy atom. The van der Waals surface area contributed by atoms with E-state index in [0.717, 1.165) is 68.2 Å². The van der Waals surface area contributed by atoms with Crippen LogP contribution in [0.1, 0.15) is 12.2 Å². The molecule has 0 aliphatic rings. The molecule has 0 saturated heterocycles. The van der Waals surface area contributed by atoms with Gasteiger partial charge < -0.3 is 24.2 Å². The van der Waals surface area contributed by atoms with Gasteiger partial charge in [0.1, 0.15) is 5.82 Å². The van der Waals surface area contributed by atoms with Crippen LogP contribution in [0.15, 0.2) is 54.9 Å². The molecule has 0 aliphatic heterocycles. The van der Waals surface area contributed by atoms with Crippen LogP contribution in [0.4, 0.5) is 0 Å². The van der Waals surface area contributed by atoms with Crippen LogP contribution in [0.3, 0.4) is 0 Å². The number of H-pyrrole nitrogens is 2. The number of aromatic amines is 2. The maximum atomic E-state index is 6.59. The van der Waals surface area contributed by atoms with Crippen molar-refractivity contribution in [3.63, 3.8) is 0 Å². The summed E-state index contributed by atoms with van der Waals surface area (Å²) in [5.41, 5.74) is 4.09. The van der Waals surface area contributed by atoms with Crippen LogP contribution >= 0.6 is 23.2 Å². The molecule has 6 nitrogen and oxygen atoms in total. The van der Waals surface area contributed by atoms with E-state index in [9.17, 15) is 0 Å². The van der Waals surface area contributed by atoms with Crippen LogP contribution in [0, 0.1) is 0 Å². The molecule has 3 aromatic heterocycles. The Kier molecular flexibility index (Phi) is 5.60. The average Bonchev–Trinajstić information content (AvgIpc) is 3.54. The van der Waals surface area contributed by atoms with Gasteiger partial charge in [0.05, 0.1) is 24.2 Å². The lowest BCUT2D eigenvalue weighted by molar-refractivity contribution is 0.285. The first-order valence-corrected chi connectivity index (χ1v) is 12.4. The minimum absolute atomic E-state index is 0.584. The molecule has 0 fully saturated rings. The molecule has 2 N–H and O–H groups in total. The van der Waals surface area contributed by atoms with E-state index in [4.69, 9.17) is 27.9 Å². The third-order valence-corrected chi connectivity index (χ3v) is 6.93. The molecule has 3 aromatic carbocycles. The monoisotopic (exact) mass is 505 g/mol. The smallest absolute Gasteiger partial charge is 0.167 e. The highest BCUT2D eigenvalue weighted by molar-refractivity contribution is 6.33. The van der Waals surface area contributed by atoms with E-state index in [2.05, 4.69) is 50.6 Å². The van der Waals surface area contributed by atoms with Gasteiger partial charge in [-0.3, -0.25) is 0 Å². The molecule has 3 heterocycles. The molecular weight excluding hydrogens is 481 g/mol. The molecule has 6 aromatic rings. The lowest BCUT2D eigenvalue weighted by atomic mass is 10.1. The van der Waals surface area contributed by atoms with Gasteiger partial charge in [-0.05, 0) is 63.0 Å². The zero-order valence-corrected chi connectivity index (χ0v) is 21.0. The van der Waals surface area contributed by atoms with Gasteiger partial charge in [-0.2, -0.15) is 0 Å². The number of hydrogen-bond donors (Lipinski definition) is 2. The molecule has 8 heteroatoms. The van der Waals surface area contributed by atoms with Crippen LogP contribution in [0.2, 0.25) is 10.0 Å². The third kappa shape index (κ3) is 3.92. The number of rotatable bonds is 7.